The lowest BCUT2D eigenvalue weighted by Gasteiger charge is -2.27. The lowest BCUT2D eigenvalue weighted by Crippen LogP contribution is -2.54. The minimum absolute atomic E-state index is 0.0398. The van der Waals surface area contributed by atoms with Gasteiger partial charge in [-0.05, 0) is 48.0 Å². The van der Waals surface area contributed by atoms with Crippen LogP contribution >= 0.6 is 11.6 Å². The summed E-state index contributed by atoms with van der Waals surface area (Å²) in [6.07, 6.45) is 1.24. The largest absolute Gasteiger partial charge is 0.493 e. The number of imide groups is 2. The summed E-state index contributed by atoms with van der Waals surface area (Å²) in [4.78, 5) is 38.6. The molecule has 1 aliphatic heterocycles. The number of carbonyl (C=O) groups excluding carboxylic acids is 3. The van der Waals surface area contributed by atoms with E-state index in [0.29, 0.717) is 5.56 Å². The first-order valence-electron chi connectivity index (χ1n) is 10.0. The predicted molar refractivity (Wildman–Crippen MR) is 128 cm³/mol. The molecule has 0 atom stereocenters. The topological polar surface area (TPSA) is 119 Å². The van der Waals surface area contributed by atoms with Crippen molar-refractivity contribution in [3.8, 4) is 11.5 Å². The molecule has 0 unspecified atom stereocenters. The van der Waals surface area contributed by atoms with Gasteiger partial charge >= 0.3 is 16.1 Å². The predicted octanol–water partition coefficient (Wildman–Crippen LogP) is 3.78. The first-order chi connectivity index (χ1) is 16.7. The SMILES string of the molecule is COc1cc(/C=C2\C(=O)NC(=O)N(c3ccccc3Cl)C2=O)ccc1OS(=O)(=O)c1ccccc1. The van der Waals surface area contributed by atoms with E-state index in [2.05, 4.69) is 5.32 Å². The number of amides is 4. The summed E-state index contributed by atoms with van der Waals surface area (Å²) in [7, 11) is -2.81. The van der Waals surface area contributed by atoms with Crippen LogP contribution in [0.4, 0.5) is 10.5 Å². The highest BCUT2D eigenvalue weighted by Gasteiger charge is 2.37. The molecule has 1 N–H and O–H groups in total. The molecule has 11 heteroatoms. The maximum absolute atomic E-state index is 13.1. The zero-order valence-electron chi connectivity index (χ0n) is 18.1. The highest BCUT2D eigenvalue weighted by molar-refractivity contribution is 7.87. The van der Waals surface area contributed by atoms with Crippen LogP contribution in [0.5, 0.6) is 11.5 Å². The van der Waals surface area contributed by atoms with E-state index in [-0.39, 0.29) is 32.7 Å². The number of hydrogen-bond donors (Lipinski definition) is 1. The third-order valence-electron chi connectivity index (χ3n) is 4.93. The van der Waals surface area contributed by atoms with Gasteiger partial charge in [-0.3, -0.25) is 14.9 Å². The molecule has 178 valence electrons. The Morgan fingerprint density at radius 2 is 1.60 bits per heavy atom. The summed E-state index contributed by atoms with van der Waals surface area (Å²) in [5, 5.41) is 2.26. The van der Waals surface area contributed by atoms with Gasteiger partial charge in [0.1, 0.15) is 10.5 Å². The van der Waals surface area contributed by atoms with Crippen LogP contribution in [0.1, 0.15) is 5.56 Å². The second-order valence-corrected chi connectivity index (χ2v) is 9.12. The van der Waals surface area contributed by atoms with Crippen LogP contribution in [-0.4, -0.2) is 33.4 Å². The third-order valence-corrected chi connectivity index (χ3v) is 6.49. The van der Waals surface area contributed by atoms with Crippen LogP contribution in [-0.2, 0) is 19.7 Å². The fraction of sp³-hybridized carbons (Fsp3) is 0.0417. The van der Waals surface area contributed by atoms with Gasteiger partial charge in [0.25, 0.3) is 11.8 Å². The second-order valence-electron chi connectivity index (χ2n) is 7.17. The molecule has 4 rings (SSSR count). The maximum Gasteiger partial charge on any atom is 0.339 e. The van der Waals surface area contributed by atoms with Crippen molar-refractivity contribution in [3.63, 3.8) is 0 Å². The monoisotopic (exact) mass is 512 g/mol. The number of para-hydroxylation sites is 1. The molecule has 0 aliphatic carbocycles. The van der Waals surface area contributed by atoms with Crippen LogP contribution in [0.25, 0.3) is 6.08 Å². The highest BCUT2D eigenvalue weighted by atomic mass is 35.5. The van der Waals surface area contributed by atoms with Gasteiger partial charge < -0.3 is 8.92 Å². The number of urea groups is 1. The number of halogens is 1. The van der Waals surface area contributed by atoms with Gasteiger partial charge in [0.05, 0.1) is 17.8 Å². The fourth-order valence-electron chi connectivity index (χ4n) is 3.27. The Morgan fingerprint density at radius 3 is 2.29 bits per heavy atom. The van der Waals surface area contributed by atoms with E-state index in [4.69, 9.17) is 20.5 Å². The summed E-state index contributed by atoms with van der Waals surface area (Å²) in [6.45, 7) is 0. The number of rotatable bonds is 6. The molecule has 0 radical (unpaired) electrons. The van der Waals surface area contributed by atoms with Gasteiger partial charge in [0.2, 0.25) is 0 Å². The average Bonchev–Trinajstić information content (AvgIpc) is 2.84. The van der Waals surface area contributed by atoms with Gasteiger partial charge in [0.15, 0.2) is 11.5 Å². The van der Waals surface area contributed by atoms with E-state index in [1.165, 1.54) is 55.7 Å². The minimum atomic E-state index is -4.12. The van der Waals surface area contributed by atoms with E-state index in [1.807, 2.05) is 0 Å². The molecule has 9 nitrogen and oxygen atoms in total. The van der Waals surface area contributed by atoms with Gasteiger partial charge in [0, 0.05) is 0 Å². The Bertz CT molecular complexity index is 1470. The highest BCUT2D eigenvalue weighted by Crippen LogP contribution is 2.33. The van der Waals surface area contributed by atoms with E-state index in [1.54, 1.807) is 30.3 Å². The van der Waals surface area contributed by atoms with E-state index in [0.717, 1.165) is 4.90 Å². The number of ether oxygens (including phenoxy) is 1. The van der Waals surface area contributed by atoms with Gasteiger partial charge in [-0.1, -0.05) is 48.0 Å². The molecule has 3 aromatic carbocycles. The summed E-state index contributed by atoms with van der Waals surface area (Å²) in [6, 6.07) is 17.0. The summed E-state index contributed by atoms with van der Waals surface area (Å²) >= 11 is 6.13. The lowest BCUT2D eigenvalue weighted by molar-refractivity contribution is -0.122. The maximum atomic E-state index is 13.1. The minimum Gasteiger partial charge on any atom is -0.493 e. The number of benzene rings is 3. The van der Waals surface area contributed by atoms with Crippen molar-refractivity contribution < 1.29 is 31.7 Å². The van der Waals surface area contributed by atoms with Crippen molar-refractivity contribution in [2.75, 3.05) is 12.0 Å². The fourth-order valence-corrected chi connectivity index (χ4v) is 4.45. The molecule has 1 aliphatic rings. The van der Waals surface area contributed by atoms with Crippen molar-refractivity contribution >= 4 is 51.3 Å². The van der Waals surface area contributed by atoms with Crippen molar-refractivity contribution in [1.82, 2.24) is 5.32 Å². The zero-order valence-corrected chi connectivity index (χ0v) is 19.7. The standard InChI is InChI=1S/C24H17ClN2O7S/c1-33-21-14-15(11-12-20(21)34-35(31,32)16-7-3-2-4-8-16)13-17-22(28)26-24(30)27(23(17)29)19-10-6-5-9-18(19)25/h2-14H,1H3,(H,26,28,30)/b17-13+. The molecule has 1 heterocycles. The lowest BCUT2D eigenvalue weighted by atomic mass is 10.1. The number of nitrogens with one attached hydrogen (secondary N) is 1. The van der Waals surface area contributed by atoms with Crippen molar-refractivity contribution in [3.05, 3.63) is 89.0 Å². The van der Waals surface area contributed by atoms with Gasteiger partial charge in [-0.15, -0.1) is 0 Å². The molecule has 1 saturated heterocycles. The molecular weight excluding hydrogens is 496 g/mol. The number of hydrogen-bond acceptors (Lipinski definition) is 7. The smallest absolute Gasteiger partial charge is 0.339 e. The number of anilines is 1. The molecule has 0 saturated carbocycles. The van der Waals surface area contributed by atoms with E-state index >= 15 is 0 Å². The molecular formula is C24H17ClN2O7S. The van der Waals surface area contributed by atoms with Crippen LogP contribution in [0, 0.1) is 0 Å². The Morgan fingerprint density at radius 1 is 0.914 bits per heavy atom. The summed E-state index contributed by atoms with van der Waals surface area (Å²) < 4.78 is 35.6. The number of carbonyl (C=O) groups is 3. The van der Waals surface area contributed by atoms with Crippen LogP contribution < -0.4 is 19.1 Å². The van der Waals surface area contributed by atoms with Crippen molar-refractivity contribution in [1.29, 1.82) is 0 Å². The summed E-state index contributed by atoms with van der Waals surface area (Å²) in [5.41, 5.74) is 0.0953. The average molecular weight is 513 g/mol. The number of nitrogens with zero attached hydrogens (tertiary/aromatic N) is 1. The Balaban J connectivity index is 1.67. The molecule has 35 heavy (non-hydrogen) atoms. The van der Waals surface area contributed by atoms with Gasteiger partial charge in [-0.2, -0.15) is 8.42 Å². The van der Waals surface area contributed by atoms with Crippen LogP contribution in [0.15, 0.2) is 83.3 Å². The number of barbiturate groups is 1. The number of methoxy groups -OCH3 is 1. The van der Waals surface area contributed by atoms with E-state index in [9.17, 15) is 22.8 Å². The Labute approximate surface area is 205 Å². The second kappa shape index (κ2) is 9.61. The Kier molecular flexibility index (Phi) is 6.59. The van der Waals surface area contributed by atoms with Crippen molar-refractivity contribution in [2.45, 2.75) is 4.90 Å². The van der Waals surface area contributed by atoms with Gasteiger partial charge in [-0.25, -0.2) is 9.69 Å². The van der Waals surface area contributed by atoms with Crippen LogP contribution in [0.2, 0.25) is 5.02 Å². The molecule has 0 aromatic heterocycles. The zero-order chi connectivity index (χ0) is 25.2. The Hall–Kier alpha value is -4.15. The van der Waals surface area contributed by atoms with E-state index < -0.39 is 28.0 Å². The molecule has 1 fully saturated rings. The molecule has 0 spiro atoms. The summed E-state index contributed by atoms with van der Waals surface area (Å²) in [5.74, 6) is -1.82. The van der Waals surface area contributed by atoms with Crippen LogP contribution in [0.3, 0.4) is 0 Å². The van der Waals surface area contributed by atoms with Crippen molar-refractivity contribution in [2.24, 2.45) is 0 Å². The molecule has 0 bridgehead atoms. The quantitative estimate of drug-likeness (QED) is 0.303. The first kappa shape index (κ1) is 24.0. The molecule has 4 amide bonds. The third kappa shape index (κ3) is 4.88. The normalized spacial score (nSPS) is 15.2. The first-order valence-corrected chi connectivity index (χ1v) is 11.8. The molecule has 3 aromatic rings.